The first-order chi connectivity index (χ1) is 8.87. The number of nitro groups is 1. The van der Waals surface area contributed by atoms with Crippen molar-refractivity contribution in [2.24, 2.45) is 5.41 Å². The average molecular weight is 327 g/mol. The zero-order valence-corrected chi connectivity index (χ0v) is 12.9. The minimum atomic E-state index is -0.332. The van der Waals surface area contributed by atoms with E-state index in [-0.39, 0.29) is 10.6 Å². The zero-order chi connectivity index (χ0) is 14.0. The van der Waals surface area contributed by atoms with Crippen LogP contribution in [0.25, 0.3) is 0 Å². The van der Waals surface area contributed by atoms with Gasteiger partial charge < -0.3 is 5.32 Å². The zero-order valence-electron chi connectivity index (χ0n) is 11.3. The third-order valence-corrected chi connectivity index (χ3v) is 4.35. The van der Waals surface area contributed by atoms with Gasteiger partial charge in [0.15, 0.2) is 0 Å². The Labute approximate surface area is 121 Å². The normalized spacial score (nSPS) is 19.1. The maximum Gasteiger partial charge on any atom is 0.292 e. The van der Waals surface area contributed by atoms with Crippen LogP contribution in [-0.4, -0.2) is 11.0 Å². The fourth-order valence-electron chi connectivity index (χ4n) is 2.55. The summed E-state index contributed by atoms with van der Waals surface area (Å²) in [4.78, 5) is 10.7. The number of benzene rings is 1. The van der Waals surface area contributed by atoms with Crippen LogP contribution in [0.3, 0.4) is 0 Å². The number of hydrogen-bond acceptors (Lipinski definition) is 3. The van der Waals surface area contributed by atoms with Gasteiger partial charge in [0, 0.05) is 16.6 Å². The average Bonchev–Trinajstić information content (AvgIpc) is 2.31. The van der Waals surface area contributed by atoms with Crippen molar-refractivity contribution in [3.63, 3.8) is 0 Å². The van der Waals surface area contributed by atoms with Crippen LogP contribution < -0.4 is 5.32 Å². The Balaban J connectivity index is 2.11. The summed E-state index contributed by atoms with van der Waals surface area (Å²) in [5.41, 5.74) is 1.17. The van der Waals surface area contributed by atoms with Crippen molar-refractivity contribution in [3.05, 3.63) is 32.8 Å². The summed E-state index contributed by atoms with van der Waals surface area (Å²) >= 11 is 3.37. The maximum absolute atomic E-state index is 11.0. The molecular weight excluding hydrogens is 308 g/mol. The molecular formula is C14H19BrN2O2. The highest BCUT2D eigenvalue weighted by Gasteiger charge is 2.27. The van der Waals surface area contributed by atoms with E-state index in [1.807, 2.05) is 0 Å². The second kappa shape index (κ2) is 5.49. The fraction of sp³-hybridized carbons (Fsp3) is 0.571. The molecule has 1 aromatic carbocycles. The van der Waals surface area contributed by atoms with E-state index in [0.717, 1.165) is 30.2 Å². The van der Waals surface area contributed by atoms with Gasteiger partial charge in [0.05, 0.1) is 4.92 Å². The van der Waals surface area contributed by atoms with E-state index in [0.29, 0.717) is 17.1 Å². The number of hydrogen-bond donors (Lipinski definition) is 1. The van der Waals surface area contributed by atoms with Crippen LogP contribution in [0, 0.1) is 15.5 Å². The summed E-state index contributed by atoms with van der Waals surface area (Å²) in [6.07, 6.45) is 4.45. The number of nitro benzene ring substituents is 1. The summed E-state index contributed by atoms with van der Waals surface area (Å²) in [6, 6.07) is 5.37. The van der Waals surface area contributed by atoms with Gasteiger partial charge in [0.25, 0.3) is 5.69 Å². The summed E-state index contributed by atoms with van der Waals surface area (Å²) in [5, 5.41) is 14.4. The Morgan fingerprint density at radius 1 is 1.37 bits per heavy atom. The van der Waals surface area contributed by atoms with Gasteiger partial charge in [-0.25, -0.2) is 0 Å². The lowest BCUT2D eigenvalue weighted by Gasteiger charge is -2.35. The van der Waals surface area contributed by atoms with Crippen LogP contribution in [-0.2, 0) is 0 Å². The van der Waals surface area contributed by atoms with E-state index >= 15 is 0 Å². The molecule has 19 heavy (non-hydrogen) atoms. The number of anilines is 1. The monoisotopic (exact) mass is 326 g/mol. The van der Waals surface area contributed by atoms with Crippen molar-refractivity contribution >= 4 is 27.3 Å². The van der Waals surface area contributed by atoms with Gasteiger partial charge >= 0.3 is 0 Å². The van der Waals surface area contributed by atoms with Crippen LogP contribution in [0.5, 0.6) is 0 Å². The lowest BCUT2D eigenvalue weighted by molar-refractivity contribution is -0.384. The third-order valence-electron chi connectivity index (χ3n) is 3.85. The third kappa shape index (κ3) is 3.69. The van der Waals surface area contributed by atoms with Gasteiger partial charge in [-0.05, 0) is 43.2 Å². The van der Waals surface area contributed by atoms with Gasteiger partial charge in [-0.15, -0.1) is 0 Å². The molecule has 0 radical (unpaired) electrons. The van der Waals surface area contributed by atoms with Gasteiger partial charge in [-0.3, -0.25) is 10.1 Å². The van der Waals surface area contributed by atoms with Crippen LogP contribution in [0.2, 0.25) is 0 Å². The number of nitrogens with one attached hydrogen (secondary N) is 1. The SMILES string of the molecule is CC1(C)CCC(Nc2cc(Br)ccc2[N+](=O)[O-])CC1. The minimum Gasteiger partial charge on any atom is -0.377 e. The Kier molecular flexibility index (Phi) is 4.13. The standard InChI is InChI=1S/C14H19BrN2O2/c1-14(2)7-5-11(6-8-14)16-12-9-10(15)3-4-13(12)17(18)19/h3-4,9,11,16H,5-8H2,1-2H3. The first kappa shape index (κ1) is 14.3. The van der Waals surface area contributed by atoms with E-state index in [1.54, 1.807) is 18.2 Å². The van der Waals surface area contributed by atoms with Crippen molar-refractivity contribution < 1.29 is 4.92 Å². The molecule has 0 unspecified atom stereocenters. The van der Waals surface area contributed by atoms with Crippen LogP contribution in [0.4, 0.5) is 11.4 Å². The predicted octanol–water partition coefficient (Wildman–Crippen LogP) is 4.74. The maximum atomic E-state index is 11.0. The van der Waals surface area contributed by atoms with E-state index in [9.17, 15) is 10.1 Å². The molecule has 0 bridgehead atoms. The highest BCUT2D eigenvalue weighted by Crippen LogP contribution is 2.37. The van der Waals surface area contributed by atoms with Crippen molar-refractivity contribution in [2.45, 2.75) is 45.6 Å². The summed E-state index contributed by atoms with van der Waals surface area (Å²) < 4.78 is 0.858. The largest absolute Gasteiger partial charge is 0.377 e. The van der Waals surface area contributed by atoms with Gasteiger partial charge in [0.2, 0.25) is 0 Å². The van der Waals surface area contributed by atoms with Crippen LogP contribution in [0.15, 0.2) is 22.7 Å². The molecule has 0 aliphatic heterocycles. The quantitative estimate of drug-likeness (QED) is 0.644. The van der Waals surface area contributed by atoms with E-state index in [4.69, 9.17) is 0 Å². The molecule has 0 spiro atoms. The number of nitrogens with zero attached hydrogens (tertiary/aromatic N) is 1. The fourth-order valence-corrected chi connectivity index (χ4v) is 2.91. The molecule has 5 heteroatoms. The minimum absolute atomic E-state index is 0.146. The van der Waals surface area contributed by atoms with Gasteiger partial charge in [-0.2, -0.15) is 0 Å². The highest BCUT2D eigenvalue weighted by atomic mass is 79.9. The number of halogens is 1. The Bertz CT molecular complexity index is 478. The summed E-state index contributed by atoms with van der Waals surface area (Å²) in [6.45, 7) is 4.57. The van der Waals surface area contributed by atoms with Crippen molar-refractivity contribution in [1.82, 2.24) is 0 Å². The Morgan fingerprint density at radius 3 is 2.58 bits per heavy atom. The Hall–Kier alpha value is -1.10. The molecule has 1 aromatic rings. The molecule has 1 fully saturated rings. The first-order valence-corrected chi connectivity index (χ1v) is 7.37. The molecule has 0 atom stereocenters. The Morgan fingerprint density at radius 2 is 2.00 bits per heavy atom. The molecule has 1 saturated carbocycles. The first-order valence-electron chi connectivity index (χ1n) is 6.58. The lowest BCUT2D eigenvalue weighted by Crippen LogP contribution is -2.30. The molecule has 2 rings (SSSR count). The second-order valence-electron chi connectivity index (χ2n) is 6.00. The van der Waals surface area contributed by atoms with E-state index < -0.39 is 0 Å². The van der Waals surface area contributed by atoms with Crippen molar-refractivity contribution in [1.29, 1.82) is 0 Å². The van der Waals surface area contributed by atoms with Crippen molar-refractivity contribution in [2.75, 3.05) is 5.32 Å². The summed E-state index contributed by atoms with van der Waals surface area (Å²) in [5.74, 6) is 0. The molecule has 0 heterocycles. The molecule has 4 nitrogen and oxygen atoms in total. The van der Waals surface area contributed by atoms with E-state index in [2.05, 4.69) is 35.1 Å². The molecule has 1 aliphatic rings. The molecule has 0 saturated heterocycles. The topological polar surface area (TPSA) is 55.2 Å². The molecule has 0 aromatic heterocycles. The smallest absolute Gasteiger partial charge is 0.292 e. The molecule has 1 aliphatic carbocycles. The molecule has 0 amide bonds. The number of rotatable bonds is 3. The molecule has 1 N–H and O–H groups in total. The summed E-state index contributed by atoms with van der Waals surface area (Å²) in [7, 11) is 0. The molecule has 104 valence electrons. The lowest BCUT2D eigenvalue weighted by atomic mass is 9.75. The highest BCUT2D eigenvalue weighted by molar-refractivity contribution is 9.10. The van der Waals surface area contributed by atoms with Crippen LogP contribution in [0.1, 0.15) is 39.5 Å². The second-order valence-corrected chi connectivity index (χ2v) is 6.92. The van der Waals surface area contributed by atoms with Gasteiger partial charge in [-0.1, -0.05) is 29.8 Å². The predicted molar refractivity (Wildman–Crippen MR) is 80.5 cm³/mol. The van der Waals surface area contributed by atoms with E-state index in [1.165, 1.54) is 0 Å². The van der Waals surface area contributed by atoms with Crippen molar-refractivity contribution in [3.8, 4) is 0 Å². The van der Waals surface area contributed by atoms with Gasteiger partial charge in [0.1, 0.15) is 5.69 Å². The van der Waals surface area contributed by atoms with Crippen LogP contribution >= 0.6 is 15.9 Å².